The smallest absolute Gasteiger partial charge is 0.308 e. The van der Waals surface area contributed by atoms with Crippen molar-refractivity contribution in [3.63, 3.8) is 0 Å². The summed E-state index contributed by atoms with van der Waals surface area (Å²) in [7, 11) is 1.84. The van der Waals surface area contributed by atoms with E-state index in [-0.39, 0.29) is 12.5 Å². The average Bonchev–Trinajstić information content (AvgIpc) is 3.45. The molecular formula is C22H23N3O3. The van der Waals surface area contributed by atoms with Crippen LogP contribution >= 0.6 is 0 Å². The minimum atomic E-state index is -0.915. The van der Waals surface area contributed by atoms with Gasteiger partial charge in [-0.1, -0.05) is 42.5 Å². The van der Waals surface area contributed by atoms with E-state index in [0.717, 1.165) is 34.9 Å². The molecule has 0 saturated heterocycles. The van der Waals surface area contributed by atoms with Crippen LogP contribution in [0.1, 0.15) is 40.4 Å². The predicted octanol–water partition coefficient (Wildman–Crippen LogP) is 3.12. The highest BCUT2D eigenvalue weighted by Crippen LogP contribution is 2.41. The van der Waals surface area contributed by atoms with Gasteiger partial charge >= 0.3 is 5.97 Å². The molecule has 1 aliphatic rings. The first-order valence-electron chi connectivity index (χ1n) is 9.53. The molecule has 0 radical (unpaired) electrons. The molecule has 1 unspecified atom stereocenters. The molecule has 0 spiro atoms. The molecule has 4 rings (SSSR count). The van der Waals surface area contributed by atoms with Crippen molar-refractivity contribution in [1.82, 2.24) is 15.1 Å². The number of carbonyl (C=O) groups excluding carboxylic acids is 1. The molecule has 1 amide bonds. The first kappa shape index (κ1) is 18.2. The lowest BCUT2D eigenvalue weighted by Gasteiger charge is -2.14. The predicted molar refractivity (Wildman–Crippen MR) is 106 cm³/mol. The average molecular weight is 377 g/mol. The van der Waals surface area contributed by atoms with Crippen LogP contribution in [0, 0.1) is 5.92 Å². The lowest BCUT2D eigenvalue weighted by molar-refractivity contribution is -0.141. The summed E-state index contributed by atoms with van der Waals surface area (Å²) >= 11 is 0. The molecule has 144 valence electrons. The van der Waals surface area contributed by atoms with Crippen LogP contribution in [0.2, 0.25) is 0 Å². The Bertz CT molecular complexity index is 1040. The van der Waals surface area contributed by atoms with Crippen LogP contribution in [0.15, 0.2) is 48.7 Å². The maximum absolute atomic E-state index is 12.6. The van der Waals surface area contributed by atoms with Crippen LogP contribution in [0.25, 0.3) is 10.8 Å². The number of carboxylic acids is 1. The molecule has 1 atom stereocenters. The third kappa shape index (κ3) is 3.76. The fourth-order valence-electron chi connectivity index (χ4n) is 3.67. The van der Waals surface area contributed by atoms with Crippen molar-refractivity contribution >= 4 is 22.6 Å². The number of fused-ring (bicyclic) bond motifs is 1. The molecule has 6 heteroatoms. The summed E-state index contributed by atoms with van der Waals surface area (Å²) < 4.78 is 1.75. The van der Waals surface area contributed by atoms with Gasteiger partial charge in [0.2, 0.25) is 0 Å². The van der Waals surface area contributed by atoms with Crippen molar-refractivity contribution in [3.8, 4) is 0 Å². The van der Waals surface area contributed by atoms with Crippen LogP contribution in [-0.2, 0) is 18.3 Å². The molecule has 1 aliphatic carbocycles. The molecule has 1 aromatic heterocycles. The molecule has 2 N–H and O–H groups in total. The Hall–Kier alpha value is -3.15. The summed E-state index contributed by atoms with van der Waals surface area (Å²) in [4.78, 5) is 24.3. The van der Waals surface area contributed by atoms with Gasteiger partial charge in [-0.05, 0) is 35.6 Å². The Morgan fingerprint density at radius 1 is 1.21 bits per heavy atom. The fraction of sp³-hybridized carbons (Fsp3) is 0.318. The standard InChI is InChI=1S/C22H23N3O3/c1-25-20(16-8-9-16)19(13-24-25)21(26)23-12-18(22(27)28)11-14-6-7-15-4-2-3-5-17(15)10-14/h2-7,10,13,16,18H,8-9,11-12H2,1H3,(H,23,26)(H,27,28). The Morgan fingerprint density at radius 2 is 1.96 bits per heavy atom. The highest BCUT2D eigenvalue weighted by Gasteiger charge is 2.31. The zero-order valence-corrected chi connectivity index (χ0v) is 15.8. The summed E-state index contributed by atoms with van der Waals surface area (Å²) in [5.41, 5.74) is 2.44. The number of benzene rings is 2. The van der Waals surface area contributed by atoms with Gasteiger partial charge in [0.15, 0.2) is 0 Å². The number of aromatic nitrogens is 2. The Kier molecular flexibility index (Phi) is 4.86. The van der Waals surface area contributed by atoms with Crippen molar-refractivity contribution in [3.05, 3.63) is 65.5 Å². The number of hydrogen-bond acceptors (Lipinski definition) is 3. The second-order valence-corrected chi connectivity index (χ2v) is 7.47. The summed E-state index contributed by atoms with van der Waals surface area (Å²) in [6.45, 7) is 0.0833. The van der Waals surface area contributed by atoms with Gasteiger partial charge in [0.1, 0.15) is 0 Å². The monoisotopic (exact) mass is 377 g/mol. The third-order valence-electron chi connectivity index (χ3n) is 5.35. The molecule has 0 bridgehead atoms. The molecule has 6 nitrogen and oxygen atoms in total. The van der Waals surface area contributed by atoms with E-state index in [1.807, 2.05) is 49.5 Å². The van der Waals surface area contributed by atoms with Gasteiger partial charge < -0.3 is 10.4 Å². The van der Waals surface area contributed by atoms with E-state index in [9.17, 15) is 14.7 Å². The van der Waals surface area contributed by atoms with E-state index in [1.165, 1.54) is 0 Å². The first-order valence-corrected chi connectivity index (χ1v) is 9.53. The number of rotatable bonds is 7. The lowest BCUT2D eigenvalue weighted by atomic mass is 9.97. The summed E-state index contributed by atoms with van der Waals surface area (Å²) in [5, 5.41) is 18.8. The molecule has 0 aliphatic heterocycles. The maximum Gasteiger partial charge on any atom is 0.308 e. The molecule has 1 heterocycles. The van der Waals surface area contributed by atoms with Crippen LogP contribution < -0.4 is 5.32 Å². The minimum absolute atomic E-state index is 0.0833. The number of aliphatic carboxylic acids is 1. The quantitative estimate of drug-likeness (QED) is 0.663. The fourth-order valence-corrected chi connectivity index (χ4v) is 3.67. The van der Waals surface area contributed by atoms with Gasteiger partial charge in [-0.15, -0.1) is 0 Å². The van der Waals surface area contributed by atoms with E-state index in [1.54, 1.807) is 10.9 Å². The van der Waals surface area contributed by atoms with E-state index >= 15 is 0 Å². The molecular weight excluding hydrogens is 354 g/mol. The van der Waals surface area contributed by atoms with Gasteiger partial charge in [-0.25, -0.2) is 0 Å². The number of carboxylic acid groups (broad SMARTS) is 1. The van der Waals surface area contributed by atoms with Gasteiger partial charge in [-0.2, -0.15) is 5.10 Å². The first-order chi connectivity index (χ1) is 13.5. The maximum atomic E-state index is 12.6. The number of amides is 1. The Labute approximate surface area is 163 Å². The number of carbonyl (C=O) groups is 2. The molecule has 2 aromatic carbocycles. The van der Waals surface area contributed by atoms with E-state index in [2.05, 4.69) is 10.4 Å². The number of hydrogen-bond donors (Lipinski definition) is 2. The van der Waals surface area contributed by atoms with Crippen molar-refractivity contribution in [2.24, 2.45) is 13.0 Å². The minimum Gasteiger partial charge on any atom is -0.481 e. The van der Waals surface area contributed by atoms with Crippen molar-refractivity contribution in [1.29, 1.82) is 0 Å². The van der Waals surface area contributed by atoms with Crippen LogP contribution in [0.4, 0.5) is 0 Å². The van der Waals surface area contributed by atoms with Gasteiger partial charge in [0.25, 0.3) is 5.91 Å². The molecule has 1 saturated carbocycles. The second-order valence-electron chi connectivity index (χ2n) is 7.47. The lowest BCUT2D eigenvalue weighted by Crippen LogP contribution is -2.34. The van der Waals surface area contributed by atoms with Crippen molar-refractivity contribution in [2.75, 3.05) is 6.54 Å². The van der Waals surface area contributed by atoms with Crippen molar-refractivity contribution in [2.45, 2.75) is 25.2 Å². The van der Waals surface area contributed by atoms with E-state index < -0.39 is 11.9 Å². The van der Waals surface area contributed by atoms with Gasteiger partial charge in [-0.3, -0.25) is 14.3 Å². The molecule has 1 fully saturated rings. The highest BCUT2D eigenvalue weighted by atomic mass is 16.4. The zero-order chi connectivity index (χ0) is 19.7. The summed E-state index contributed by atoms with van der Waals surface area (Å²) in [6.07, 6.45) is 4.07. The van der Waals surface area contributed by atoms with E-state index in [0.29, 0.717) is 17.9 Å². The van der Waals surface area contributed by atoms with Gasteiger partial charge in [0, 0.05) is 19.5 Å². The van der Waals surface area contributed by atoms with Crippen LogP contribution in [0.3, 0.4) is 0 Å². The van der Waals surface area contributed by atoms with Crippen LogP contribution in [0.5, 0.6) is 0 Å². The normalized spacial score (nSPS) is 14.8. The second kappa shape index (κ2) is 7.46. The van der Waals surface area contributed by atoms with E-state index in [4.69, 9.17) is 0 Å². The Balaban J connectivity index is 1.45. The topological polar surface area (TPSA) is 84.2 Å². The Morgan fingerprint density at radius 3 is 2.68 bits per heavy atom. The number of nitrogens with one attached hydrogen (secondary N) is 1. The highest BCUT2D eigenvalue weighted by molar-refractivity contribution is 5.95. The van der Waals surface area contributed by atoms with Crippen molar-refractivity contribution < 1.29 is 14.7 Å². The van der Waals surface area contributed by atoms with Crippen LogP contribution in [-0.4, -0.2) is 33.3 Å². The number of aryl methyl sites for hydroxylation is 1. The summed E-state index contributed by atoms with van der Waals surface area (Å²) in [5.74, 6) is -1.46. The third-order valence-corrected chi connectivity index (χ3v) is 5.35. The zero-order valence-electron chi connectivity index (χ0n) is 15.8. The summed E-state index contributed by atoms with van der Waals surface area (Å²) in [6, 6.07) is 13.9. The molecule has 28 heavy (non-hydrogen) atoms. The molecule has 3 aromatic rings. The SMILES string of the molecule is Cn1ncc(C(=O)NCC(Cc2ccc3ccccc3c2)C(=O)O)c1C1CC1. The largest absolute Gasteiger partial charge is 0.481 e. The van der Waals surface area contributed by atoms with Gasteiger partial charge in [0.05, 0.1) is 23.4 Å². The number of nitrogens with zero attached hydrogens (tertiary/aromatic N) is 2.